The first kappa shape index (κ1) is 15.1. The molecule has 0 aliphatic heterocycles. The molecule has 1 heterocycles. The molecule has 0 aliphatic carbocycles. The van der Waals surface area contributed by atoms with Crippen LogP contribution in [0.2, 0.25) is 0 Å². The summed E-state index contributed by atoms with van der Waals surface area (Å²) in [7, 11) is 4.13. The van der Waals surface area contributed by atoms with Crippen molar-refractivity contribution < 1.29 is 4.79 Å². The van der Waals surface area contributed by atoms with Crippen LogP contribution in [0, 0.1) is 6.92 Å². The molecule has 1 aromatic heterocycles. The summed E-state index contributed by atoms with van der Waals surface area (Å²) in [6.45, 7) is 6.86. The van der Waals surface area contributed by atoms with Gasteiger partial charge >= 0.3 is 0 Å². The van der Waals surface area contributed by atoms with E-state index in [0.717, 1.165) is 23.4 Å². The van der Waals surface area contributed by atoms with Crippen LogP contribution in [-0.2, 0) is 0 Å². The predicted molar refractivity (Wildman–Crippen MR) is 76.2 cm³/mol. The number of hydrogen-bond acceptors (Lipinski definition) is 4. The van der Waals surface area contributed by atoms with Crippen molar-refractivity contribution >= 4 is 17.2 Å². The highest BCUT2D eigenvalue weighted by molar-refractivity contribution is 7.11. The summed E-state index contributed by atoms with van der Waals surface area (Å²) in [4.78, 5) is 19.1. The Balaban J connectivity index is 2.69. The van der Waals surface area contributed by atoms with E-state index in [1.165, 1.54) is 11.3 Å². The number of thiazole rings is 1. The molecule has 0 bridgehead atoms. The summed E-state index contributed by atoms with van der Waals surface area (Å²) < 4.78 is 0. The number of carbonyl (C=O) groups is 1. The summed E-state index contributed by atoms with van der Waals surface area (Å²) in [5.74, 6) is -0.0110. The molecule has 0 aliphatic rings. The first-order valence-electron chi connectivity index (χ1n) is 6.32. The van der Waals surface area contributed by atoms with Gasteiger partial charge in [-0.1, -0.05) is 13.8 Å². The molecule has 0 saturated carbocycles. The van der Waals surface area contributed by atoms with E-state index in [1.54, 1.807) is 5.51 Å². The molecule has 0 atom stereocenters. The van der Waals surface area contributed by atoms with Crippen LogP contribution in [0.4, 0.5) is 0 Å². The molecule has 0 aromatic carbocycles. The lowest BCUT2D eigenvalue weighted by Crippen LogP contribution is -2.52. The lowest BCUT2D eigenvalue weighted by Gasteiger charge is -2.38. The fourth-order valence-corrected chi connectivity index (χ4v) is 2.85. The number of rotatable bonds is 6. The van der Waals surface area contributed by atoms with Gasteiger partial charge in [0.25, 0.3) is 5.91 Å². The van der Waals surface area contributed by atoms with Gasteiger partial charge in [-0.15, -0.1) is 11.3 Å². The second-order valence-corrected chi connectivity index (χ2v) is 5.63. The van der Waals surface area contributed by atoms with Crippen molar-refractivity contribution in [3.8, 4) is 0 Å². The standard InChI is InChI=1S/C13H23N3OS/c1-6-13(7-2,16(4)5)8-14-12(17)11-10(3)15-9-18-11/h9H,6-8H2,1-5H3,(H,14,17). The molecule has 0 spiro atoms. The van der Waals surface area contributed by atoms with Gasteiger partial charge in [0.05, 0.1) is 11.2 Å². The minimum absolute atomic E-state index is 0.0110. The minimum atomic E-state index is -0.0110. The highest BCUT2D eigenvalue weighted by Gasteiger charge is 2.29. The third-order valence-electron chi connectivity index (χ3n) is 3.79. The topological polar surface area (TPSA) is 45.2 Å². The molecule has 1 amide bonds. The van der Waals surface area contributed by atoms with Crippen molar-refractivity contribution in [1.29, 1.82) is 0 Å². The highest BCUT2D eigenvalue weighted by Crippen LogP contribution is 2.21. The molecule has 1 N–H and O–H groups in total. The fourth-order valence-electron chi connectivity index (χ4n) is 2.14. The van der Waals surface area contributed by atoms with Gasteiger partial charge in [0.2, 0.25) is 0 Å². The van der Waals surface area contributed by atoms with E-state index in [0.29, 0.717) is 6.54 Å². The van der Waals surface area contributed by atoms with Crippen LogP contribution in [0.15, 0.2) is 5.51 Å². The van der Waals surface area contributed by atoms with E-state index >= 15 is 0 Å². The van der Waals surface area contributed by atoms with Crippen LogP contribution in [0.5, 0.6) is 0 Å². The number of likely N-dealkylation sites (N-methyl/N-ethyl adjacent to an activating group) is 1. The Labute approximate surface area is 113 Å². The highest BCUT2D eigenvalue weighted by atomic mass is 32.1. The van der Waals surface area contributed by atoms with E-state index in [9.17, 15) is 4.79 Å². The molecule has 4 nitrogen and oxygen atoms in total. The maximum Gasteiger partial charge on any atom is 0.263 e. The van der Waals surface area contributed by atoms with Gasteiger partial charge in [0.15, 0.2) is 0 Å². The number of amides is 1. The fraction of sp³-hybridized carbons (Fsp3) is 0.692. The summed E-state index contributed by atoms with van der Waals surface area (Å²) in [5, 5.41) is 3.04. The van der Waals surface area contributed by atoms with Crippen LogP contribution in [0.1, 0.15) is 42.1 Å². The third kappa shape index (κ3) is 3.09. The zero-order chi connectivity index (χ0) is 13.8. The Hall–Kier alpha value is -0.940. The van der Waals surface area contributed by atoms with E-state index in [2.05, 4.69) is 43.1 Å². The second-order valence-electron chi connectivity index (χ2n) is 4.78. The van der Waals surface area contributed by atoms with Crippen molar-refractivity contribution in [2.45, 2.75) is 39.2 Å². The third-order valence-corrected chi connectivity index (χ3v) is 4.72. The number of hydrogen-bond donors (Lipinski definition) is 1. The average Bonchev–Trinajstić information content (AvgIpc) is 2.77. The van der Waals surface area contributed by atoms with E-state index < -0.39 is 0 Å². The Kier molecular flexibility index (Phi) is 5.28. The maximum absolute atomic E-state index is 12.1. The number of aryl methyl sites for hydroxylation is 1. The normalized spacial score (nSPS) is 11.9. The monoisotopic (exact) mass is 269 g/mol. The number of carbonyl (C=O) groups excluding carboxylic acids is 1. The second kappa shape index (κ2) is 6.29. The Morgan fingerprint density at radius 2 is 2.06 bits per heavy atom. The molecular weight excluding hydrogens is 246 g/mol. The lowest BCUT2D eigenvalue weighted by molar-refractivity contribution is 0.0885. The van der Waals surface area contributed by atoms with Crippen molar-refractivity contribution in [3.63, 3.8) is 0 Å². The predicted octanol–water partition coefficient (Wildman–Crippen LogP) is 2.30. The molecule has 0 fully saturated rings. The molecule has 18 heavy (non-hydrogen) atoms. The molecule has 0 radical (unpaired) electrons. The van der Waals surface area contributed by atoms with Crippen LogP contribution in [0.25, 0.3) is 0 Å². The molecule has 1 aromatic rings. The quantitative estimate of drug-likeness (QED) is 0.862. The van der Waals surface area contributed by atoms with E-state index in [-0.39, 0.29) is 11.4 Å². The first-order chi connectivity index (χ1) is 8.46. The van der Waals surface area contributed by atoms with E-state index in [1.807, 2.05) is 6.92 Å². The SMILES string of the molecule is CCC(CC)(CNC(=O)c1scnc1C)N(C)C. The Morgan fingerprint density at radius 1 is 1.44 bits per heavy atom. The molecular formula is C13H23N3OS. The van der Waals surface area contributed by atoms with Crippen LogP contribution in [-0.4, -0.2) is 42.0 Å². The lowest BCUT2D eigenvalue weighted by atomic mass is 9.91. The molecule has 102 valence electrons. The average molecular weight is 269 g/mol. The van der Waals surface area contributed by atoms with Crippen molar-refractivity contribution in [1.82, 2.24) is 15.2 Å². The Bertz CT molecular complexity index is 397. The zero-order valence-electron chi connectivity index (χ0n) is 11.9. The van der Waals surface area contributed by atoms with Gasteiger partial charge in [-0.05, 0) is 33.9 Å². The maximum atomic E-state index is 12.1. The smallest absolute Gasteiger partial charge is 0.263 e. The minimum Gasteiger partial charge on any atom is -0.349 e. The number of nitrogens with one attached hydrogen (secondary N) is 1. The van der Waals surface area contributed by atoms with Gasteiger partial charge < -0.3 is 10.2 Å². The first-order valence-corrected chi connectivity index (χ1v) is 7.20. The molecule has 5 heteroatoms. The summed E-state index contributed by atoms with van der Waals surface area (Å²) in [5.41, 5.74) is 2.55. The molecule has 0 saturated heterocycles. The van der Waals surface area contributed by atoms with Crippen molar-refractivity contribution in [3.05, 3.63) is 16.1 Å². The van der Waals surface area contributed by atoms with Gasteiger partial charge in [-0.2, -0.15) is 0 Å². The van der Waals surface area contributed by atoms with Gasteiger partial charge in [0.1, 0.15) is 4.88 Å². The van der Waals surface area contributed by atoms with Crippen LogP contribution < -0.4 is 5.32 Å². The van der Waals surface area contributed by atoms with E-state index in [4.69, 9.17) is 0 Å². The summed E-state index contributed by atoms with van der Waals surface area (Å²) in [6, 6.07) is 0. The van der Waals surface area contributed by atoms with Crippen molar-refractivity contribution in [2.24, 2.45) is 0 Å². The van der Waals surface area contributed by atoms with Gasteiger partial charge in [0, 0.05) is 12.1 Å². The molecule has 1 rings (SSSR count). The Morgan fingerprint density at radius 3 is 2.44 bits per heavy atom. The summed E-state index contributed by atoms with van der Waals surface area (Å²) >= 11 is 1.40. The van der Waals surface area contributed by atoms with Gasteiger partial charge in [-0.25, -0.2) is 4.98 Å². The number of nitrogens with zero attached hydrogens (tertiary/aromatic N) is 2. The summed E-state index contributed by atoms with van der Waals surface area (Å²) in [6.07, 6.45) is 2.02. The van der Waals surface area contributed by atoms with Crippen LogP contribution >= 0.6 is 11.3 Å². The van der Waals surface area contributed by atoms with Crippen molar-refractivity contribution in [2.75, 3.05) is 20.6 Å². The largest absolute Gasteiger partial charge is 0.349 e. The molecule has 0 unspecified atom stereocenters. The zero-order valence-corrected chi connectivity index (χ0v) is 12.7. The van der Waals surface area contributed by atoms with Crippen LogP contribution in [0.3, 0.4) is 0 Å². The van der Waals surface area contributed by atoms with Gasteiger partial charge in [-0.3, -0.25) is 4.79 Å². The number of aromatic nitrogens is 1.